The number of likely N-dealkylation sites (N-methyl/N-ethyl adjacent to an activating group) is 1. The molecule has 0 unspecified atom stereocenters. The molecule has 0 aromatic heterocycles. The Kier molecular flexibility index (Phi) is 9.43. The Labute approximate surface area is 168 Å². The highest BCUT2D eigenvalue weighted by molar-refractivity contribution is 5.98. The Hall–Kier alpha value is -2.46. The highest BCUT2D eigenvalue weighted by Gasteiger charge is 2.11. The molecule has 0 radical (unpaired) electrons. The van der Waals surface area contributed by atoms with Gasteiger partial charge in [-0.3, -0.25) is 9.59 Å². The fraction of sp³-hybridized carbons (Fsp3) is 0.417. The summed E-state index contributed by atoms with van der Waals surface area (Å²) in [5.74, 6) is -0.0231. The molecule has 0 saturated heterocycles. The Morgan fingerprint density at radius 1 is 0.929 bits per heavy atom. The number of amides is 1. The lowest BCUT2D eigenvalue weighted by molar-refractivity contribution is -0.121. The van der Waals surface area contributed by atoms with Gasteiger partial charge in [-0.1, -0.05) is 49.4 Å². The summed E-state index contributed by atoms with van der Waals surface area (Å²) >= 11 is 0. The van der Waals surface area contributed by atoms with Gasteiger partial charge in [0, 0.05) is 24.9 Å². The number of Topliss-reactive ketones (excluding diaryl/α,β-unsaturated/α-hetero) is 1. The second-order valence-corrected chi connectivity index (χ2v) is 7.11. The predicted octanol–water partition coefficient (Wildman–Crippen LogP) is 3.86. The zero-order valence-electron chi connectivity index (χ0n) is 17.1. The lowest BCUT2D eigenvalue weighted by Crippen LogP contribution is -2.25. The molecule has 0 spiro atoms. The minimum absolute atomic E-state index is 0.0316. The third-order valence-corrected chi connectivity index (χ3v) is 4.88. The molecule has 2 N–H and O–H groups in total. The fourth-order valence-corrected chi connectivity index (χ4v) is 3.14. The third-order valence-electron chi connectivity index (χ3n) is 4.88. The number of ketones is 1. The summed E-state index contributed by atoms with van der Waals surface area (Å²) in [5.41, 5.74) is 4.37. The van der Waals surface area contributed by atoms with Crippen LogP contribution in [0.4, 0.5) is 0 Å². The number of rotatable bonds is 12. The van der Waals surface area contributed by atoms with Crippen molar-refractivity contribution in [3.8, 4) is 0 Å². The van der Waals surface area contributed by atoms with Gasteiger partial charge in [0.2, 0.25) is 5.91 Å². The van der Waals surface area contributed by atoms with E-state index >= 15 is 0 Å². The van der Waals surface area contributed by atoms with E-state index in [-0.39, 0.29) is 24.5 Å². The summed E-state index contributed by atoms with van der Waals surface area (Å²) in [5, 5.41) is 6.22. The summed E-state index contributed by atoms with van der Waals surface area (Å²) in [4.78, 5) is 24.5. The molecular formula is C24H32N2O2. The normalized spacial score (nSPS) is 10.6. The Balaban J connectivity index is 1.72. The molecule has 0 heterocycles. The first-order valence-corrected chi connectivity index (χ1v) is 10.2. The zero-order chi connectivity index (χ0) is 20.2. The standard InChI is InChI=1S/C24H32N2O2/c1-3-25-17-15-21-18-22(12-11-19(21)2)23(27)13-14-24(28)26-16-7-10-20-8-5-4-6-9-20/h4-6,8-9,11-12,18,25H,3,7,10,13-17H2,1-2H3,(H,26,28). The Bertz CT molecular complexity index is 756. The van der Waals surface area contributed by atoms with Crippen molar-refractivity contribution < 1.29 is 9.59 Å². The number of carbonyl (C=O) groups excluding carboxylic acids is 2. The highest BCUT2D eigenvalue weighted by atomic mass is 16.2. The van der Waals surface area contributed by atoms with Crippen molar-refractivity contribution in [1.29, 1.82) is 0 Å². The van der Waals surface area contributed by atoms with Crippen LogP contribution in [-0.2, 0) is 17.6 Å². The number of carbonyl (C=O) groups is 2. The number of nitrogens with one attached hydrogen (secondary N) is 2. The zero-order valence-corrected chi connectivity index (χ0v) is 17.1. The van der Waals surface area contributed by atoms with Gasteiger partial charge >= 0.3 is 0 Å². The molecule has 150 valence electrons. The van der Waals surface area contributed by atoms with E-state index < -0.39 is 0 Å². The molecule has 2 rings (SSSR count). The molecule has 2 aromatic rings. The maximum atomic E-state index is 12.5. The summed E-state index contributed by atoms with van der Waals surface area (Å²) in [7, 11) is 0. The average Bonchev–Trinajstić information content (AvgIpc) is 2.71. The molecule has 0 aliphatic rings. The van der Waals surface area contributed by atoms with E-state index in [1.54, 1.807) is 0 Å². The van der Waals surface area contributed by atoms with E-state index in [1.165, 1.54) is 16.7 Å². The maximum absolute atomic E-state index is 12.5. The van der Waals surface area contributed by atoms with Gasteiger partial charge in [0.1, 0.15) is 0 Å². The van der Waals surface area contributed by atoms with E-state index in [1.807, 2.05) is 36.4 Å². The smallest absolute Gasteiger partial charge is 0.220 e. The van der Waals surface area contributed by atoms with Gasteiger partial charge in [0.15, 0.2) is 5.78 Å². The number of hydrogen-bond donors (Lipinski definition) is 2. The molecule has 0 saturated carbocycles. The van der Waals surface area contributed by atoms with Crippen LogP contribution >= 0.6 is 0 Å². The van der Waals surface area contributed by atoms with E-state index in [4.69, 9.17) is 0 Å². The topological polar surface area (TPSA) is 58.2 Å². The van der Waals surface area contributed by atoms with Gasteiger partial charge in [-0.25, -0.2) is 0 Å². The molecule has 4 nitrogen and oxygen atoms in total. The predicted molar refractivity (Wildman–Crippen MR) is 115 cm³/mol. The van der Waals surface area contributed by atoms with E-state index in [9.17, 15) is 9.59 Å². The fourth-order valence-electron chi connectivity index (χ4n) is 3.14. The van der Waals surface area contributed by atoms with Crippen molar-refractivity contribution in [2.24, 2.45) is 0 Å². The number of aryl methyl sites for hydroxylation is 2. The molecule has 0 bridgehead atoms. The van der Waals surface area contributed by atoms with Gasteiger partial charge in [-0.05, 0) is 62.0 Å². The van der Waals surface area contributed by atoms with Crippen molar-refractivity contribution in [1.82, 2.24) is 10.6 Å². The van der Waals surface area contributed by atoms with Crippen LogP contribution in [0.15, 0.2) is 48.5 Å². The molecule has 0 atom stereocenters. The van der Waals surface area contributed by atoms with Crippen LogP contribution in [-0.4, -0.2) is 31.3 Å². The van der Waals surface area contributed by atoms with Crippen LogP contribution in [0.1, 0.15) is 53.2 Å². The second kappa shape index (κ2) is 12.1. The first-order chi connectivity index (χ1) is 13.6. The van der Waals surface area contributed by atoms with Crippen molar-refractivity contribution in [3.05, 3.63) is 70.8 Å². The number of hydrogen-bond acceptors (Lipinski definition) is 3. The van der Waals surface area contributed by atoms with Crippen LogP contribution in [0.5, 0.6) is 0 Å². The van der Waals surface area contributed by atoms with E-state index in [2.05, 4.69) is 36.6 Å². The molecule has 0 aliphatic heterocycles. The summed E-state index contributed by atoms with van der Waals surface area (Å²) in [6.07, 6.45) is 3.24. The van der Waals surface area contributed by atoms with Gasteiger partial charge in [0.25, 0.3) is 0 Å². The van der Waals surface area contributed by atoms with Gasteiger partial charge in [0.05, 0.1) is 0 Å². The first-order valence-electron chi connectivity index (χ1n) is 10.2. The molecule has 2 aromatic carbocycles. The van der Waals surface area contributed by atoms with Crippen LogP contribution < -0.4 is 10.6 Å². The second-order valence-electron chi connectivity index (χ2n) is 7.11. The Morgan fingerprint density at radius 2 is 1.71 bits per heavy atom. The minimum Gasteiger partial charge on any atom is -0.356 e. The quantitative estimate of drug-likeness (QED) is 0.434. The molecule has 28 heavy (non-hydrogen) atoms. The van der Waals surface area contributed by atoms with Gasteiger partial charge in [-0.2, -0.15) is 0 Å². The first kappa shape index (κ1) is 21.8. The molecule has 4 heteroatoms. The van der Waals surface area contributed by atoms with Gasteiger partial charge in [-0.15, -0.1) is 0 Å². The lowest BCUT2D eigenvalue weighted by atomic mass is 9.98. The monoisotopic (exact) mass is 380 g/mol. The SMILES string of the molecule is CCNCCc1cc(C(=O)CCC(=O)NCCCc2ccccc2)ccc1C. The van der Waals surface area contributed by atoms with E-state index in [0.717, 1.165) is 32.4 Å². The largest absolute Gasteiger partial charge is 0.356 e. The van der Waals surface area contributed by atoms with Crippen LogP contribution in [0.3, 0.4) is 0 Å². The van der Waals surface area contributed by atoms with E-state index in [0.29, 0.717) is 12.1 Å². The molecular weight excluding hydrogens is 348 g/mol. The van der Waals surface area contributed by atoms with Gasteiger partial charge < -0.3 is 10.6 Å². The van der Waals surface area contributed by atoms with Crippen molar-refractivity contribution >= 4 is 11.7 Å². The maximum Gasteiger partial charge on any atom is 0.220 e. The number of benzene rings is 2. The molecule has 1 amide bonds. The third kappa shape index (κ3) is 7.65. The highest BCUT2D eigenvalue weighted by Crippen LogP contribution is 2.14. The summed E-state index contributed by atoms with van der Waals surface area (Å²) in [6.45, 7) is 6.64. The average molecular weight is 381 g/mol. The lowest BCUT2D eigenvalue weighted by Gasteiger charge is -2.09. The van der Waals surface area contributed by atoms with Crippen LogP contribution in [0.25, 0.3) is 0 Å². The molecule has 0 fully saturated rings. The van der Waals surface area contributed by atoms with Crippen molar-refractivity contribution in [2.45, 2.75) is 46.0 Å². The minimum atomic E-state index is -0.0547. The van der Waals surface area contributed by atoms with Crippen LogP contribution in [0, 0.1) is 6.92 Å². The van der Waals surface area contributed by atoms with Crippen molar-refractivity contribution in [3.63, 3.8) is 0 Å². The summed E-state index contributed by atoms with van der Waals surface area (Å²) < 4.78 is 0. The van der Waals surface area contributed by atoms with Crippen molar-refractivity contribution in [2.75, 3.05) is 19.6 Å². The summed E-state index contributed by atoms with van der Waals surface area (Å²) in [6, 6.07) is 16.1. The van der Waals surface area contributed by atoms with Crippen LogP contribution in [0.2, 0.25) is 0 Å². The molecule has 0 aliphatic carbocycles. The Morgan fingerprint density at radius 3 is 2.46 bits per heavy atom.